The molecule has 24 heavy (non-hydrogen) atoms. The summed E-state index contributed by atoms with van der Waals surface area (Å²) in [6, 6.07) is 10.2. The average Bonchev–Trinajstić information content (AvgIpc) is 3.02. The molecule has 1 heterocycles. The van der Waals surface area contributed by atoms with Gasteiger partial charge in [-0.1, -0.05) is 44.2 Å². The Hall–Kier alpha value is -1.14. The Labute approximate surface area is 160 Å². The Bertz CT molecular complexity index is 605. The summed E-state index contributed by atoms with van der Waals surface area (Å²) in [5, 5.41) is 2.85. The van der Waals surface area contributed by atoms with Crippen LogP contribution in [0.1, 0.15) is 40.8 Å². The fraction of sp³-hybridized carbons (Fsp3) is 0.412. The number of hydrogen-bond donors (Lipinski definition) is 1. The summed E-state index contributed by atoms with van der Waals surface area (Å²) in [6.07, 6.45) is 0.827. The van der Waals surface area contributed by atoms with E-state index >= 15 is 0 Å². The van der Waals surface area contributed by atoms with Crippen LogP contribution in [0, 0.1) is 0 Å². The van der Waals surface area contributed by atoms with Crippen LogP contribution >= 0.6 is 36.2 Å². The summed E-state index contributed by atoms with van der Waals surface area (Å²) in [5.74, 6) is 0.323. The molecule has 134 valence electrons. The van der Waals surface area contributed by atoms with Gasteiger partial charge in [0, 0.05) is 30.9 Å². The standard InChI is InChI=1S/C17H23N3OS.2ClH/c1-13(2)16-19-15(12-22-16)17(21)20(11-9-18)10-8-14-6-4-3-5-7-14;;/h3-7,12-13H,8-11,18H2,1-2H3;2*1H. The van der Waals surface area contributed by atoms with Gasteiger partial charge in [-0.2, -0.15) is 0 Å². The summed E-state index contributed by atoms with van der Waals surface area (Å²) in [4.78, 5) is 18.9. The molecule has 0 bridgehead atoms. The molecule has 0 radical (unpaired) electrons. The van der Waals surface area contributed by atoms with Gasteiger partial charge in [-0.05, 0) is 12.0 Å². The largest absolute Gasteiger partial charge is 0.336 e. The SMILES string of the molecule is CC(C)c1nc(C(=O)N(CCN)CCc2ccccc2)cs1.Cl.Cl. The first-order valence-corrected chi connectivity index (χ1v) is 8.48. The summed E-state index contributed by atoms with van der Waals surface area (Å²) in [7, 11) is 0. The smallest absolute Gasteiger partial charge is 0.273 e. The molecule has 0 fully saturated rings. The first-order chi connectivity index (χ1) is 10.6. The van der Waals surface area contributed by atoms with Crippen molar-refractivity contribution in [3.8, 4) is 0 Å². The predicted octanol–water partition coefficient (Wildman–Crippen LogP) is 3.75. The van der Waals surface area contributed by atoms with Crippen LogP contribution in [0.2, 0.25) is 0 Å². The number of benzene rings is 1. The first-order valence-electron chi connectivity index (χ1n) is 7.60. The van der Waals surface area contributed by atoms with Crippen LogP contribution in [0.25, 0.3) is 0 Å². The van der Waals surface area contributed by atoms with Crippen LogP contribution in [0.5, 0.6) is 0 Å². The van der Waals surface area contributed by atoms with E-state index in [1.165, 1.54) is 5.56 Å². The third-order valence-corrected chi connectivity index (χ3v) is 4.58. The van der Waals surface area contributed by atoms with Gasteiger partial charge in [-0.3, -0.25) is 4.79 Å². The Kier molecular flexibility index (Phi) is 10.9. The molecule has 0 atom stereocenters. The molecule has 2 rings (SSSR count). The minimum atomic E-state index is -0.0236. The molecule has 2 N–H and O–H groups in total. The van der Waals surface area contributed by atoms with Crippen LogP contribution in [-0.4, -0.2) is 35.4 Å². The van der Waals surface area contributed by atoms with E-state index < -0.39 is 0 Å². The molecule has 1 aromatic heterocycles. The van der Waals surface area contributed by atoms with E-state index in [0.29, 0.717) is 31.2 Å². The van der Waals surface area contributed by atoms with Crippen LogP contribution in [-0.2, 0) is 6.42 Å². The number of nitrogens with zero attached hydrogens (tertiary/aromatic N) is 2. The molecule has 0 saturated carbocycles. The van der Waals surface area contributed by atoms with Crippen molar-refractivity contribution in [3.63, 3.8) is 0 Å². The minimum absolute atomic E-state index is 0. The highest BCUT2D eigenvalue weighted by Crippen LogP contribution is 2.20. The second kappa shape index (κ2) is 11.4. The van der Waals surface area contributed by atoms with Crippen molar-refractivity contribution >= 4 is 42.1 Å². The van der Waals surface area contributed by atoms with E-state index in [9.17, 15) is 4.79 Å². The lowest BCUT2D eigenvalue weighted by molar-refractivity contribution is 0.0757. The van der Waals surface area contributed by atoms with E-state index in [1.807, 2.05) is 23.6 Å². The van der Waals surface area contributed by atoms with Gasteiger partial charge in [-0.25, -0.2) is 4.98 Å². The first kappa shape index (κ1) is 22.9. The van der Waals surface area contributed by atoms with Crippen molar-refractivity contribution in [2.75, 3.05) is 19.6 Å². The monoisotopic (exact) mass is 389 g/mol. The molecule has 0 saturated heterocycles. The molecular formula is C17H25Cl2N3OS. The lowest BCUT2D eigenvalue weighted by Gasteiger charge is -2.21. The summed E-state index contributed by atoms with van der Waals surface area (Å²) < 4.78 is 0. The zero-order valence-corrected chi connectivity index (χ0v) is 16.4. The number of hydrogen-bond acceptors (Lipinski definition) is 4. The molecule has 0 aliphatic carbocycles. The van der Waals surface area contributed by atoms with E-state index in [0.717, 1.165) is 11.4 Å². The number of halogens is 2. The maximum atomic E-state index is 12.6. The normalized spacial score (nSPS) is 10.0. The number of nitrogens with two attached hydrogens (primary N) is 1. The maximum absolute atomic E-state index is 12.6. The Morgan fingerprint density at radius 3 is 2.42 bits per heavy atom. The molecule has 4 nitrogen and oxygen atoms in total. The number of rotatable bonds is 7. The van der Waals surface area contributed by atoms with Gasteiger partial charge in [0.1, 0.15) is 5.69 Å². The van der Waals surface area contributed by atoms with Gasteiger partial charge in [0.05, 0.1) is 5.01 Å². The fourth-order valence-electron chi connectivity index (χ4n) is 2.19. The molecule has 7 heteroatoms. The predicted molar refractivity (Wildman–Crippen MR) is 106 cm³/mol. The maximum Gasteiger partial charge on any atom is 0.273 e. The highest BCUT2D eigenvalue weighted by atomic mass is 35.5. The molecule has 1 amide bonds. The summed E-state index contributed by atoms with van der Waals surface area (Å²) in [5.41, 5.74) is 7.41. The third-order valence-electron chi connectivity index (χ3n) is 3.43. The molecule has 0 unspecified atom stereocenters. The van der Waals surface area contributed by atoms with Crippen LogP contribution in [0.4, 0.5) is 0 Å². The van der Waals surface area contributed by atoms with E-state index in [1.54, 1.807) is 16.2 Å². The van der Waals surface area contributed by atoms with Gasteiger partial charge in [0.15, 0.2) is 0 Å². The Morgan fingerprint density at radius 2 is 1.88 bits per heavy atom. The van der Waals surface area contributed by atoms with Crippen molar-refractivity contribution in [3.05, 3.63) is 52.0 Å². The van der Waals surface area contributed by atoms with Crippen molar-refractivity contribution < 1.29 is 4.79 Å². The van der Waals surface area contributed by atoms with Gasteiger partial charge in [0.2, 0.25) is 0 Å². The van der Waals surface area contributed by atoms with E-state index in [2.05, 4.69) is 31.0 Å². The molecule has 2 aromatic rings. The molecule has 0 spiro atoms. The summed E-state index contributed by atoms with van der Waals surface area (Å²) >= 11 is 1.55. The van der Waals surface area contributed by atoms with Crippen molar-refractivity contribution in [1.29, 1.82) is 0 Å². The second-order valence-corrected chi connectivity index (χ2v) is 6.43. The molecule has 1 aromatic carbocycles. The van der Waals surface area contributed by atoms with Gasteiger partial charge in [-0.15, -0.1) is 36.2 Å². The zero-order valence-electron chi connectivity index (χ0n) is 14.0. The van der Waals surface area contributed by atoms with Crippen LogP contribution < -0.4 is 5.73 Å². The highest BCUT2D eigenvalue weighted by molar-refractivity contribution is 7.09. The second-order valence-electron chi connectivity index (χ2n) is 5.54. The lowest BCUT2D eigenvalue weighted by Crippen LogP contribution is -2.37. The number of thiazole rings is 1. The van der Waals surface area contributed by atoms with Crippen molar-refractivity contribution in [2.45, 2.75) is 26.2 Å². The van der Waals surface area contributed by atoms with Crippen molar-refractivity contribution in [2.24, 2.45) is 5.73 Å². The Balaban J connectivity index is 0.00000264. The molecule has 0 aliphatic heterocycles. The topological polar surface area (TPSA) is 59.2 Å². The average molecular weight is 390 g/mol. The van der Waals surface area contributed by atoms with Crippen LogP contribution in [0.3, 0.4) is 0 Å². The summed E-state index contributed by atoms with van der Waals surface area (Å²) in [6.45, 7) is 5.84. The lowest BCUT2D eigenvalue weighted by atomic mass is 10.1. The van der Waals surface area contributed by atoms with E-state index in [4.69, 9.17) is 5.73 Å². The molecule has 0 aliphatic rings. The van der Waals surface area contributed by atoms with Gasteiger partial charge in [0.25, 0.3) is 5.91 Å². The zero-order chi connectivity index (χ0) is 15.9. The Morgan fingerprint density at radius 1 is 1.21 bits per heavy atom. The minimum Gasteiger partial charge on any atom is -0.336 e. The van der Waals surface area contributed by atoms with Crippen LogP contribution in [0.15, 0.2) is 35.7 Å². The van der Waals surface area contributed by atoms with Crippen molar-refractivity contribution in [1.82, 2.24) is 9.88 Å². The number of aromatic nitrogens is 1. The van der Waals surface area contributed by atoms with Gasteiger partial charge >= 0.3 is 0 Å². The third kappa shape index (κ3) is 6.40. The number of amides is 1. The van der Waals surface area contributed by atoms with Gasteiger partial charge < -0.3 is 10.6 Å². The highest BCUT2D eigenvalue weighted by Gasteiger charge is 2.18. The van der Waals surface area contributed by atoms with E-state index in [-0.39, 0.29) is 30.7 Å². The fourth-order valence-corrected chi connectivity index (χ4v) is 3.00. The number of carbonyl (C=O) groups excluding carboxylic acids is 1. The molecular weight excluding hydrogens is 365 g/mol. The number of carbonyl (C=O) groups is 1. The quantitative estimate of drug-likeness (QED) is 0.783.